The van der Waals surface area contributed by atoms with E-state index in [4.69, 9.17) is 4.74 Å². The smallest absolute Gasteiger partial charge is 0.321 e. The van der Waals surface area contributed by atoms with Crippen LogP contribution in [0.15, 0.2) is 0 Å². The molecule has 0 spiro atoms. The third kappa shape index (κ3) is 6.64. The van der Waals surface area contributed by atoms with Crippen LogP contribution >= 0.6 is 0 Å². The summed E-state index contributed by atoms with van der Waals surface area (Å²) in [6.45, 7) is 1.38. The van der Waals surface area contributed by atoms with Crippen molar-refractivity contribution in [3.05, 3.63) is 0 Å². The highest BCUT2D eigenvalue weighted by molar-refractivity contribution is 7.91. The minimum absolute atomic E-state index is 0.0214. The summed E-state index contributed by atoms with van der Waals surface area (Å²) in [4.78, 5) is 35.6. The van der Waals surface area contributed by atoms with Crippen molar-refractivity contribution in [3.8, 4) is 0 Å². The molecule has 1 heterocycles. The Balaban J connectivity index is 1.70. The maximum atomic E-state index is 11.9. The number of esters is 1. The molecule has 2 rings (SSSR count). The van der Waals surface area contributed by atoms with Crippen LogP contribution in [0.1, 0.15) is 51.9 Å². The Morgan fingerprint density at radius 3 is 2.40 bits per heavy atom. The highest BCUT2D eigenvalue weighted by Crippen LogP contribution is 2.22. The van der Waals surface area contributed by atoms with Crippen LogP contribution in [0, 0.1) is 5.92 Å². The average molecular weight is 374 g/mol. The van der Waals surface area contributed by atoms with Gasteiger partial charge in [0.1, 0.15) is 0 Å². The van der Waals surface area contributed by atoms with Crippen molar-refractivity contribution in [1.29, 1.82) is 0 Å². The van der Waals surface area contributed by atoms with Crippen LogP contribution < -0.4 is 10.6 Å². The molecule has 1 saturated carbocycles. The van der Waals surface area contributed by atoms with Crippen LogP contribution in [0.5, 0.6) is 0 Å². The van der Waals surface area contributed by atoms with Gasteiger partial charge < -0.3 is 10.1 Å². The second-order valence-corrected chi connectivity index (χ2v) is 9.13. The van der Waals surface area contributed by atoms with E-state index in [1.54, 1.807) is 0 Å². The predicted octanol–water partition coefficient (Wildman–Crippen LogP) is 0.901. The largest absolute Gasteiger partial charge is 0.453 e. The first kappa shape index (κ1) is 19.7. The summed E-state index contributed by atoms with van der Waals surface area (Å²) in [6.07, 6.45) is 4.36. The van der Waals surface area contributed by atoms with E-state index in [9.17, 15) is 22.8 Å². The zero-order valence-corrected chi connectivity index (χ0v) is 15.3. The lowest BCUT2D eigenvalue weighted by Crippen LogP contribution is -2.48. The number of amides is 3. The summed E-state index contributed by atoms with van der Waals surface area (Å²) in [5.41, 5.74) is 0. The lowest BCUT2D eigenvalue weighted by atomic mass is 9.96. The van der Waals surface area contributed by atoms with Crippen LogP contribution in [-0.4, -0.2) is 50.0 Å². The third-order valence-corrected chi connectivity index (χ3v) is 6.47. The molecule has 1 aliphatic carbocycles. The first-order valence-corrected chi connectivity index (χ1v) is 10.6. The zero-order valence-electron chi connectivity index (χ0n) is 14.5. The van der Waals surface area contributed by atoms with Gasteiger partial charge in [-0.2, -0.15) is 0 Å². The van der Waals surface area contributed by atoms with Crippen LogP contribution in [-0.2, 0) is 24.2 Å². The maximum Gasteiger partial charge on any atom is 0.321 e. The van der Waals surface area contributed by atoms with E-state index in [2.05, 4.69) is 10.6 Å². The maximum absolute atomic E-state index is 11.9. The molecule has 0 bridgehead atoms. The van der Waals surface area contributed by atoms with Crippen molar-refractivity contribution in [2.24, 2.45) is 5.92 Å². The van der Waals surface area contributed by atoms with Gasteiger partial charge in [-0.3, -0.25) is 14.9 Å². The van der Waals surface area contributed by atoms with Crippen molar-refractivity contribution in [1.82, 2.24) is 10.6 Å². The van der Waals surface area contributed by atoms with Crippen LogP contribution in [0.2, 0.25) is 0 Å². The first-order chi connectivity index (χ1) is 11.7. The van der Waals surface area contributed by atoms with Gasteiger partial charge in [-0.1, -0.05) is 19.3 Å². The first-order valence-electron chi connectivity index (χ1n) is 8.76. The minimum atomic E-state index is -3.06. The van der Waals surface area contributed by atoms with Gasteiger partial charge in [-0.25, -0.2) is 13.2 Å². The lowest BCUT2D eigenvalue weighted by Gasteiger charge is -2.23. The van der Waals surface area contributed by atoms with Gasteiger partial charge in [0, 0.05) is 12.5 Å². The topological polar surface area (TPSA) is 119 Å². The van der Waals surface area contributed by atoms with Crippen LogP contribution in [0.4, 0.5) is 4.79 Å². The number of hydrogen-bond donors (Lipinski definition) is 2. The number of ether oxygens (including phenoxy) is 1. The monoisotopic (exact) mass is 374 g/mol. The fourth-order valence-corrected chi connectivity index (χ4v) is 5.11. The molecule has 2 aliphatic rings. The van der Waals surface area contributed by atoms with Crippen molar-refractivity contribution < 1.29 is 27.5 Å². The average Bonchev–Trinajstić information content (AvgIpc) is 2.86. The summed E-state index contributed by atoms with van der Waals surface area (Å²) in [5, 5.41) is 4.92. The second-order valence-electron chi connectivity index (χ2n) is 6.90. The zero-order chi connectivity index (χ0) is 18.4. The Bertz CT molecular complexity index is 612. The molecule has 2 atom stereocenters. The number of nitrogens with one attached hydrogen (secondary N) is 2. The van der Waals surface area contributed by atoms with E-state index in [-0.39, 0.29) is 29.9 Å². The standard InChI is InChI=1S/C16H26N2O6S/c1-11(24-14(19)9-12-7-8-25(22,23)10-12)15(20)18-16(21)17-13-5-3-2-4-6-13/h11-13H,2-10H2,1H3,(H2,17,18,20,21)/t11-,12+/m0/s1. The van der Waals surface area contributed by atoms with Crippen molar-refractivity contribution in [2.45, 2.75) is 64.0 Å². The van der Waals surface area contributed by atoms with E-state index in [1.165, 1.54) is 6.92 Å². The molecule has 2 fully saturated rings. The Morgan fingerprint density at radius 2 is 1.80 bits per heavy atom. The number of carbonyl (C=O) groups excluding carboxylic acids is 3. The number of hydrogen-bond acceptors (Lipinski definition) is 6. The molecule has 0 aromatic rings. The van der Waals surface area contributed by atoms with Gasteiger partial charge in [-0.05, 0) is 32.1 Å². The molecule has 2 N–H and O–H groups in total. The quantitative estimate of drug-likeness (QED) is 0.690. The molecule has 1 saturated heterocycles. The highest BCUT2D eigenvalue weighted by atomic mass is 32.2. The Morgan fingerprint density at radius 1 is 1.12 bits per heavy atom. The number of sulfone groups is 1. The highest BCUT2D eigenvalue weighted by Gasteiger charge is 2.31. The Kier molecular flexibility index (Phi) is 6.80. The summed E-state index contributed by atoms with van der Waals surface area (Å²) in [7, 11) is -3.06. The molecule has 0 aromatic carbocycles. The molecule has 3 amide bonds. The molecule has 0 unspecified atom stereocenters. The number of urea groups is 1. The molecule has 142 valence electrons. The van der Waals surface area contributed by atoms with Gasteiger partial charge in [-0.15, -0.1) is 0 Å². The molecule has 1 aliphatic heterocycles. The number of carbonyl (C=O) groups is 3. The summed E-state index contributed by atoms with van der Waals surface area (Å²) >= 11 is 0. The van der Waals surface area contributed by atoms with Gasteiger partial charge >= 0.3 is 12.0 Å². The molecule has 0 radical (unpaired) electrons. The van der Waals surface area contributed by atoms with Crippen LogP contribution in [0.25, 0.3) is 0 Å². The van der Waals surface area contributed by atoms with Gasteiger partial charge in [0.2, 0.25) is 0 Å². The normalized spacial score (nSPS) is 24.3. The molecule has 0 aromatic heterocycles. The molecule has 25 heavy (non-hydrogen) atoms. The predicted molar refractivity (Wildman–Crippen MR) is 90.5 cm³/mol. The molecular weight excluding hydrogens is 348 g/mol. The van der Waals surface area contributed by atoms with E-state index in [0.29, 0.717) is 6.42 Å². The Hall–Kier alpha value is -1.64. The molecule has 9 heteroatoms. The number of rotatable bonds is 5. The van der Waals surface area contributed by atoms with Gasteiger partial charge in [0.05, 0.1) is 11.5 Å². The number of imide groups is 1. The SMILES string of the molecule is C[C@H](OC(=O)C[C@H]1CCS(=O)(=O)C1)C(=O)NC(=O)NC1CCCCC1. The summed E-state index contributed by atoms with van der Waals surface area (Å²) in [5.74, 6) is -1.52. The van der Waals surface area contributed by atoms with E-state index in [0.717, 1.165) is 32.1 Å². The summed E-state index contributed by atoms with van der Waals surface area (Å²) in [6, 6.07) is -0.509. The third-order valence-electron chi connectivity index (χ3n) is 4.64. The summed E-state index contributed by atoms with van der Waals surface area (Å²) < 4.78 is 27.8. The van der Waals surface area contributed by atoms with E-state index in [1.807, 2.05) is 0 Å². The second kappa shape index (κ2) is 8.64. The van der Waals surface area contributed by atoms with Crippen molar-refractivity contribution in [3.63, 3.8) is 0 Å². The van der Waals surface area contributed by atoms with E-state index >= 15 is 0 Å². The van der Waals surface area contributed by atoms with Crippen LogP contribution in [0.3, 0.4) is 0 Å². The van der Waals surface area contributed by atoms with Gasteiger partial charge in [0.15, 0.2) is 15.9 Å². The van der Waals surface area contributed by atoms with Gasteiger partial charge in [0.25, 0.3) is 5.91 Å². The van der Waals surface area contributed by atoms with Crippen molar-refractivity contribution >= 4 is 27.7 Å². The molecule has 8 nitrogen and oxygen atoms in total. The van der Waals surface area contributed by atoms with Crippen molar-refractivity contribution in [2.75, 3.05) is 11.5 Å². The fraction of sp³-hybridized carbons (Fsp3) is 0.812. The minimum Gasteiger partial charge on any atom is -0.453 e. The molecular formula is C16H26N2O6S. The van der Waals surface area contributed by atoms with E-state index < -0.39 is 33.8 Å². The Labute approximate surface area is 148 Å². The fourth-order valence-electron chi connectivity index (χ4n) is 3.25. The lowest BCUT2D eigenvalue weighted by molar-refractivity contribution is -0.155.